The van der Waals surface area contributed by atoms with E-state index >= 15 is 0 Å². The first-order valence-electron chi connectivity index (χ1n) is 15.0. The van der Waals surface area contributed by atoms with Crippen LogP contribution in [0.25, 0.3) is 0 Å². The molecule has 198 valence electrons. The number of nitrogens with one attached hydrogen (secondary N) is 1. The van der Waals surface area contributed by atoms with E-state index in [0.717, 1.165) is 41.9 Å². The number of fused-ring (bicyclic) bond motifs is 6. The van der Waals surface area contributed by atoms with Crippen LogP contribution in [0.15, 0.2) is 18.2 Å². The molecule has 6 unspecified atom stereocenters. The summed E-state index contributed by atoms with van der Waals surface area (Å²) in [5.74, 6) is 7.26. The summed E-state index contributed by atoms with van der Waals surface area (Å²) in [4.78, 5) is 12.9. The van der Waals surface area contributed by atoms with Crippen LogP contribution in [0, 0.1) is 52.3 Å². The summed E-state index contributed by atoms with van der Waals surface area (Å²) >= 11 is 0. The zero-order valence-electron chi connectivity index (χ0n) is 23.0. The van der Waals surface area contributed by atoms with E-state index in [2.05, 4.69) is 33.0 Å². The Morgan fingerprint density at radius 2 is 1.81 bits per heavy atom. The van der Waals surface area contributed by atoms with E-state index in [4.69, 9.17) is 9.47 Å². The van der Waals surface area contributed by atoms with Gasteiger partial charge in [-0.25, -0.2) is 0 Å². The molecular weight excluding hydrogens is 446 g/mol. The van der Waals surface area contributed by atoms with Crippen molar-refractivity contribution in [1.82, 2.24) is 5.32 Å². The van der Waals surface area contributed by atoms with Crippen molar-refractivity contribution in [3.05, 3.63) is 23.8 Å². The molecule has 0 bridgehead atoms. The molecule has 1 aliphatic heterocycles. The van der Waals surface area contributed by atoms with Gasteiger partial charge in [0.15, 0.2) is 11.5 Å². The molecule has 1 heterocycles. The van der Waals surface area contributed by atoms with Crippen molar-refractivity contribution in [2.45, 2.75) is 91.9 Å². The molecule has 4 saturated carbocycles. The Kier molecular flexibility index (Phi) is 6.32. The first kappa shape index (κ1) is 24.6. The maximum atomic E-state index is 12.9. The number of amides is 1. The van der Waals surface area contributed by atoms with Crippen LogP contribution in [0.4, 0.5) is 0 Å². The van der Waals surface area contributed by atoms with Crippen LogP contribution in [0.5, 0.6) is 11.5 Å². The van der Waals surface area contributed by atoms with Crippen LogP contribution >= 0.6 is 0 Å². The summed E-state index contributed by atoms with van der Waals surface area (Å²) in [5, 5.41) is 3.26. The van der Waals surface area contributed by atoms with Gasteiger partial charge in [0, 0.05) is 12.1 Å². The van der Waals surface area contributed by atoms with Gasteiger partial charge in [0.1, 0.15) is 0 Å². The predicted octanol–water partition coefficient (Wildman–Crippen LogP) is 7.47. The average molecular weight is 494 g/mol. The third kappa shape index (κ3) is 3.79. The van der Waals surface area contributed by atoms with Crippen LogP contribution in [-0.4, -0.2) is 19.2 Å². The van der Waals surface area contributed by atoms with Crippen molar-refractivity contribution in [1.29, 1.82) is 0 Å². The van der Waals surface area contributed by atoms with E-state index in [0.29, 0.717) is 34.0 Å². The highest BCUT2D eigenvalue weighted by Crippen LogP contribution is 2.69. The van der Waals surface area contributed by atoms with Crippen LogP contribution in [0.1, 0.15) is 102 Å². The van der Waals surface area contributed by atoms with Crippen molar-refractivity contribution >= 4 is 5.91 Å². The summed E-state index contributed by atoms with van der Waals surface area (Å²) in [6, 6.07) is 5.49. The standard InChI is InChI=1S/C32H47NO3/c1-5-21-16-23-26-11-10-24(32(26,4)15-13-27(23)31(3)14-7-6-8-25(21)31)20(2)18-33-30(34)22-9-12-28-29(17-22)36-19-35-28/h9,12,17,20-21,23-27H,5-8,10-11,13-16,18-19H2,1-4H3,(H,33,34)/t20-,21+,23?,24?,25?,26?,27+,31?,32?/m1/s1. The van der Waals surface area contributed by atoms with E-state index in [1.165, 1.54) is 64.2 Å². The summed E-state index contributed by atoms with van der Waals surface area (Å²) in [6.07, 6.45) is 14.3. The molecule has 4 nitrogen and oxygen atoms in total. The topological polar surface area (TPSA) is 47.6 Å². The SMILES string of the molecule is CC[C@H]1CC2C3CCC([C@H](C)CNC(=O)c4ccc5c(c4)OCO5)C3(C)CC[C@@H]2C2(C)CCCCC12. The molecule has 1 aromatic carbocycles. The van der Waals surface area contributed by atoms with Gasteiger partial charge in [-0.15, -0.1) is 0 Å². The van der Waals surface area contributed by atoms with Gasteiger partial charge in [0.05, 0.1) is 0 Å². The fourth-order valence-corrected chi connectivity index (χ4v) is 10.5. The second kappa shape index (κ2) is 9.24. The number of hydrogen-bond donors (Lipinski definition) is 1. The van der Waals surface area contributed by atoms with Crippen molar-refractivity contribution in [2.75, 3.05) is 13.3 Å². The molecule has 4 heteroatoms. The van der Waals surface area contributed by atoms with Gasteiger partial charge >= 0.3 is 0 Å². The molecule has 0 saturated heterocycles. The number of carbonyl (C=O) groups is 1. The van der Waals surface area contributed by atoms with E-state index < -0.39 is 0 Å². The molecule has 0 radical (unpaired) electrons. The minimum absolute atomic E-state index is 0.00195. The monoisotopic (exact) mass is 493 g/mol. The van der Waals surface area contributed by atoms with Gasteiger partial charge in [-0.1, -0.05) is 47.0 Å². The number of ether oxygens (including phenoxy) is 2. The van der Waals surface area contributed by atoms with Gasteiger partial charge in [-0.2, -0.15) is 0 Å². The van der Waals surface area contributed by atoms with Gasteiger partial charge in [0.25, 0.3) is 5.91 Å². The smallest absolute Gasteiger partial charge is 0.251 e. The molecule has 9 atom stereocenters. The maximum absolute atomic E-state index is 12.9. The second-order valence-corrected chi connectivity index (χ2v) is 13.6. The lowest BCUT2D eigenvalue weighted by molar-refractivity contribution is -0.137. The van der Waals surface area contributed by atoms with Gasteiger partial charge < -0.3 is 14.8 Å². The molecule has 6 rings (SSSR count). The summed E-state index contributed by atoms with van der Waals surface area (Å²) in [7, 11) is 0. The lowest BCUT2D eigenvalue weighted by Crippen LogP contribution is -2.55. The fraction of sp³-hybridized carbons (Fsp3) is 0.781. The molecule has 0 aromatic heterocycles. The number of rotatable bonds is 5. The average Bonchev–Trinajstić information content (AvgIpc) is 3.49. The van der Waals surface area contributed by atoms with Crippen molar-refractivity contribution in [2.24, 2.45) is 52.3 Å². The Hall–Kier alpha value is -1.71. The van der Waals surface area contributed by atoms with Crippen LogP contribution in [0.2, 0.25) is 0 Å². The highest BCUT2D eigenvalue weighted by molar-refractivity contribution is 5.94. The Labute approximate surface area is 218 Å². The molecular formula is C32H47NO3. The van der Waals surface area contributed by atoms with E-state index in [9.17, 15) is 4.79 Å². The molecule has 1 N–H and O–H groups in total. The lowest BCUT2D eigenvalue weighted by atomic mass is 9.42. The van der Waals surface area contributed by atoms with E-state index in [1.54, 1.807) is 0 Å². The third-order valence-electron chi connectivity index (χ3n) is 12.3. The highest BCUT2D eigenvalue weighted by atomic mass is 16.7. The zero-order chi connectivity index (χ0) is 25.1. The number of hydrogen-bond acceptors (Lipinski definition) is 3. The molecule has 4 fully saturated rings. The zero-order valence-corrected chi connectivity index (χ0v) is 23.0. The van der Waals surface area contributed by atoms with Crippen molar-refractivity contribution in [3.63, 3.8) is 0 Å². The number of benzene rings is 1. The van der Waals surface area contributed by atoms with Crippen molar-refractivity contribution in [3.8, 4) is 11.5 Å². The summed E-state index contributed by atoms with van der Waals surface area (Å²) in [5.41, 5.74) is 1.68. The number of carbonyl (C=O) groups excluding carboxylic acids is 1. The summed E-state index contributed by atoms with van der Waals surface area (Å²) in [6.45, 7) is 11.2. The summed E-state index contributed by atoms with van der Waals surface area (Å²) < 4.78 is 10.9. The van der Waals surface area contributed by atoms with Crippen LogP contribution < -0.4 is 14.8 Å². The van der Waals surface area contributed by atoms with E-state index in [1.807, 2.05) is 18.2 Å². The minimum Gasteiger partial charge on any atom is -0.454 e. The van der Waals surface area contributed by atoms with Gasteiger partial charge in [0.2, 0.25) is 6.79 Å². The van der Waals surface area contributed by atoms with Crippen LogP contribution in [-0.2, 0) is 0 Å². The Balaban J connectivity index is 1.14. The molecule has 5 aliphatic rings. The van der Waals surface area contributed by atoms with Gasteiger partial charge in [-0.3, -0.25) is 4.79 Å². The predicted molar refractivity (Wildman–Crippen MR) is 143 cm³/mol. The second-order valence-electron chi connectivity index (χ2n) is 13.6. The molecule has 4 aliphatic carbocycles. The van der Waals surface area contributed by atoms with E-state index in [-0.39, 0.29) is 12.7 Å². The first-order chi connectivity index (χ1) is 17.3. The normalized spacial score (nSPS) is 41.7. The minimum atomic E-state index is -0.00195. The molecule has 36 heavy (non-hydrogen) atoms. The molecule has 0 spiro atoms. The van der Waals surface area contributed by atoms with Crippen LogP contribution in [0.3, 0.4) is 0 Å². The fourth-order valence-electron chi connectivity index (χ4n) is 10.5. The lowest BCUT2D eigenvalue weighted by Gasteiger charge is -2.63. The van der Waals surface area contributed by atoms with Gasteiger partial charge in [-0.05, 0) is 115 Å². The Morgan fingerprint density at radius 1 is 1.00 bits per heavy atom. The Morgan fingerprint density at radius 3 is 2.64 bits per heavy atom. The maximum Gasteiger partial charge on any atom is 0.251 e. The molecule has 1 amide bonds. The third-order valence-corrected chi connectivity index (χ3v) is 12.3. The highest BCUT2D eigenvalue weighted by Gasteiger charge is 2.61. The first-order valence-corrected chi connectivity index (χ1v) is 15.0. The quantitative estimate of drug-likeness (QED) is 0.463. The largest absolute Gasteiger partial charge is 0.454 e. The molecule has 1 aromatic rings. The Bertz CT molecular complexity index is 992. The van der Waals surface area contributed by atoms with Crippen molar-refractivity contribution < 1.29 is 14.3 Å².